The van der Waals surface area contributed by atoms with E-state index in [1.165, 1.54) is 4.88 Å². The third kappa shape index (κ3) is 4.41. The molecule has 0 aliphatic rings. The second kappa shape index (κ2) is 8.79. The van der Waals surface area contributed by atoms with Gasteiger partial charge in [0.25, 0.3) is 0 Å². The average Bonchev–Trinajstić information content (AvgIpc) is 3.27. The highest BCUT2D eigenvalue weighted by Gasteiger charge is 2.11. The largest absolute Gasteiger partial charge is 0.497 e. The number of hydrogen-bond acceptors (Lipinski definition) is 7. The molecule has 0 atom stereocenters. The average molecular weight is 407 g/mol. The molecule has 2 aromatic heterocycles. The zero-order valence-electron chi connectivity index (χ0n) is 16.3. The van der Waals surface area contributed by atoms with Gasteiger partial charge in [-0.25, -0.2) is 4.98 Å². The van der Waals surface area contributed by atoms with E-state index in [-0.39, 0.29) is 0 Å². The first-order valence-corrected chi connectivity index (χ1v) is 10.2. The highest BCUT2D eigenvalue weighted by Crippen LogP contribution is 2.32. The van der Waals surface area contributed by atoms with Gasteiger partial charge in [0.05, 0.1) is 25.4 Å². The van der Waals surface area contributed by atoms with Gasteiger partial charge in [-0.2, -0.15) is 4.98 Å². The van der Waals surface area contributed by atoms with Crippen molar-refractivity contribution in [2.24, 2.45) is 0 Å². The number of aromatic nitrogens is 2. The van der Waals surface area contributed by atoms with Crippen LogP contribution in [0.5, 0.6) is 11.5 Å². The zero-order chi connectivity index (χ0) is 20.1. The summed E-state index contributed by atoms with van der Waals surface area (Å²) in [4.78, 5) is 10.7. The van der Waals surface area contributed by atoms with Crippen molar-refractivity contribution < 1.29 is 9.47 Å². The van der Waals surface area contributed by atoms with Crippen molar-refractivity contribution in [3.05, 3.63) is 64.9 Å². The van der Waals surface area contributed by atoms with Crippen LogP contribution in [0.3, 0.4) is 0 Å². The highest BCUT2D eigenvalue weighted by atomic mass is 32.1. The molecule has 0 radical (unpaired) electrons. The summed E-state index contributed by atoms with van der Waals surface area (Å²) < 4.78 is 10.8. The molecule has 0 aliphatic heterocycles. The molecule has 2 aromatic carbocycles. The summed E-state index contributed by atoms with van der Waals surface area (Å²) in [5.74, 6) is 2.71. The summed E-state index contributed by atoms with van der Waals surface area (Å²) in [5.41, 5.74) is 1.61. The summed E-state index contributed by atoms with van der Waals surface area (Å²) in [6, 6.07) is 17.8. The van der Waals surface area contributed by atoms with Crippen LogP contribution in [-0.4, -0.2) is 30.7 Å². The maximum absolute atomic E-state index is 5.45. The van der Waals surface area contributed by atoms with Crippen molar-refractivity contribution in [3.63, 3.8) is 0 Å². The maximum atomic E-state index is 5.45. The van der Waals surface area contributed by atoms with Crippen molar-refractivity contribution in [3.8, 4) is 11.5 Å². The van der Waals surface area contributed by atoms with Crippen LogP contribution in [0, 0.1) is 0 Å². The van der Waals surface area contributed by atoms with Crippen LogP contribution in [0.25, 0.3) is 10.9 Å². The molecule has 4 aromatic rings. The van der Waals surface area contributed by atoms with Gasteiger partial charge in [-0.1, -0.05) is 18.2 Å². The van der Waals surface area contributed by atoms with E-state index in [2.05, 4.69) is 33.1 Å². The zero-order valence-corrected chi connectivity index (χ0v) is 17.1. The molecule has 0 unspecified atom stereocenters. The molecule has 148 valence electrons. The third-order valence-electron chi connectivity index (χ3n) is 4.50. The van der Waals surface area contributed by atoms with Gasteiger partial charge in [0.15, 0.2) is 0 Å². The number of hydrogen-bond donors (Lipinski definition) is 2. The van der Waals surface area contributed by atoms with Gasteiger partial charge >= 0.3 is 0 Å². The van der Waals surface area contributed by atoms with Gasteiger partial charge in [-0.3, -0.25) is 0 Å². The Morgan fingerprint density at radius 2 is 1.86 bits per heavy atom. The summed E-state index contributed by atoms with van der Waals surface area (Å²) in [5, 5.41) is 9.82. The number of anilines is 3. The first-order chi connectivity index (χ1) is 14.3. The van der Waals surface area contributed by atoms with E-state index in [9.17, 15) is 0 Å². The van der Waals surface area contributed by atoms with E-state index >= 15 is 0 Å². The fraction of sp³-hybridized carbons (Fsp3) is 0.182. The number of para-hydroxylation sites is 1. The van der Waals surface area contributed by atoms with Crippen molar-refractivity contribution in [2.45, 2.75) is 6.42 Å². The number of ether oxygens (including phenoxy) is 2. The van der Waals surface area contributed by atoms with Crippen LogP contribution in [0.1, 0.15) is 4.88 Å². The molecular weight excluding hydrogens is 384 g/mol. The molecule has 2 N–H and O–H groups in total. The monoisotopic (exact) mass is 406 g/mol. The van der Waals surface area contributed by atoms with Crippen LogP contribution in [0.15, 0.2) is 60.0 Å². The van der Waals surface area contributed by atoms with E-state index in [4.69, 9.17) is 14.5 Å². The van der Waals surface area contributed by atoms with Gasteiger partial charge in [-0.05, 0) is 42.1 Å². The Labute approximate surface area is 173 Å². The summed E-state index contributed by atoms with van der Waals surface area (Å²) >= 11 is 1.76. The van der Waals surface area contributed by atoms with Gasteiger partial charge in [0.2, 0.25) is 5.95 Å². The Balaban J connectivity index is 1.63. The molecule has 0 saturated carbocycles. The normalized spacial score (nSPS) is 10.7. The first kappa shape index (κ1) is 19.0. The lowest BCUT2D eigenvalue weighted by molar-refractivity contribution is 0.405. The molecule has 4 rings (SSSR count). The number of thiophene rings is 1. The lowest BCUT2D eigenvalue weighted by atomic mass is 10.2. The third-order valence-corrected chi connectivity index (χ3v) is 5.44. The molecule has 0 spiro atoms. The van der Waals surface area contributed by atoms with Crippen LogP contribution < -0.4 is 20.1 Å². The number of benzene rings is 2. The Hall–Kier alpha value is -3.32. The number of methoxy groups -OCH3 is 2. The van der Waals surface area contributed by atoms with E-state index < -0.39 is 0 Å². The highest BCUT2D eigenvalue weighted by molar-refractivity contribution is 7.09. The number of nitrogens with zero attached hydrogens (tertiary/aromatic N) is 2. The van der Waals surface area contributed by atoms with Gasteiger partial charge in [0.1, 0.15) is 17.3 Å². The van der Waals surface area contributed by atoms with Gasteiger partial charge in [0, 0.05) is 22.9 Å². The summed E-state index contributed by atoms with van der Waals surface area (Å²) in [7, 11) is 3.26. The Morgan fingerprint density at radius 3 is 2.66 bits per heavy atom. The Kier molecular flexibility index (Phi) is 5.76. The molecule has 7 heteroatoms. The van der Waals surface area contributed by atoms with E-state index in [0.29, 0.717) is 11.7 Å². The minimum Gasteiger partial charge on any atom is -0.497 e. The molecule has 6 nitrogen and oxygen atoms in total. The van der Waals surface area contributed by atoms with Crippen LogP contribution >= 0.6 is 11.3 Å². The summed E-state index contributed by atoms with van der Waals surface area (Å²) in [6.07, 6.45) is 0.947. The minimum absolute atomic E-state index is 0.494. The van der Waals surface area contributed by atoms with Crippen molar-refractivity contribution >= 4 is 39.7 Å². The predicted molar refractivity (Wildman–Crippen MR) is 119 cm³/mol. The van der Waals surface area contributed by atoms with E-state index in [1.54, 1.807) is 25.6 Å². The number of rotatable bonds is 8. The van der Waals surface area contributed by atoms with E-state index in [1.807, 2.05) is 42.5 Å². The first-order valence-electron chi connectivity index (χ1n) is 9.29. The topological polar surface area (TPSA) is 68.3 Å². The van der Waals surface area contributed by atoms with E-state index in [0.717, 1.165) is 41.1 Å². The smallest absolute Gasteiger partial charge is 0.229 e. The van der Waals surface area contributed by atoms with Gasteiger partial charge < -0.3 is 20.1 Å². The Morgan fingerprint density at radius 1 is 0.966 bits per heavy atom. The standard InChI is InChI=1S/C22H22N4O2S/c1-27-15-9-10-20(28-2)19(14-15)25-22-24-18-8-4-3-7-17(18)21(26-22)23-12-11-16-6-5-13-29-16/h3-10,13-14H,11-12H2,1-2H3,(H2,23,24,25,26). The predicted octanol–water partition coefficient (Wildman–Crippen LogP) is 5.11. The second-order valence-electron chi connectivity index (χ2n) is 6.36. The lowest BCUT2D eigenvalue weighted by Crippen LogP contribution is -2.08. The maximum Gasteiger partial charge on any atom is 0.229 e. The lowest BCUT2D eigenvalue weighted by Gasteiger charge is -2.14. The van der Waals surface area contributed by atoms with Crippen LogP contribution in [0.4, 0.5) is 17.5 Å². The van der Waals surface area contributed by atoms with Crippen LogP contribution in [0.2, 0.25) is 0 Å². The fourth-order valence-corrected chi connectivity index (χ4v) is 3.77. The summed E-state index contributed by atoms with van der Waals surface area (Å²) in [6.45, 7) is 0.795. The second-order valence-corrected chi connectivity index (χ2v) is 7.39. The molecule has 0 fully saturated rings. The van der Waals surface area contributed by atoms with Crippen molar-refractivity contribution in [1.82, 2.24) is 9.97 Å². The van der Waals surface area contributed by atoms with Crippen molar-refractivity contribution in [1.29, 1.82) is 0 Å². The number of nitrogens with one attached hydrogen (secondary N) is 2. The molecule has 0 bridgehead atoms. The molecule has 2 heterocycles. The molecule has 0 aliphatic carbocycles. The number of fused-ring (bicyclic) bond motifs is 1. The SMILES string of the molecule is COc1ccc(OC)c(Nc2nc(NCCc3cccs3)c3ccccc3n2)c1. The quantitative estimate of drug-likeness (QED) is 0.424. The molecular formula is C22H22N4O2S. The molecule has 0 saturated heterocycles. The molecule has 29 heavy (non-hydrogen) atoms. The van der Waals surface area contributed by atoms with Crippen LogP contribution in [-0.2, 0) is 6.42 Å². The van der Waals surface area contributed by atoms with Gasteiger partial charge in [-0.15, -0.1) is 11.3 Å². The van der Waals surface area contributed by atoms with Crippen molar-refractivity contribution in [2.75, 3.05) is 31.4 Å². The molecule has 0 amide bonds. The minimum atomic E-state index is 0.494. The Bertz CT molecular complexity index is 1100. The fourth-order valence-electron chi connectivity index (χ4n) is 3.06.